The summed E-state index contributed by atoms with van der Waals surface area (Å²) in [6, 6.07) is 0. The Morgan fingerprint density at radius 2 is 2.33 bits per heavy atom. The van der Waals surface area contributed by atoms with Crippen LogP contribution in [0.4, 0.5) is 0 Å². The van der Waals surface area contributed by atoms with Gasteiger partial charge in [0.15, 0.2) is 0 Å². The highest BCUT2D eigenvalue weighted by atomic mass is 35.5. The third-order valence-electron chi connectivity index (χ3n) is 3.29. The Morgan fingerprint density at radius 3 is 2.87 bits per heavy atom. The van der Waals surface area contributed by atoms with Gasteiger partial charge in [-0.05, 0) is 36.4 Å². The quantitative estimate of drug-likeness (QED) is 0.820. The molecule has 1 aliphatic heterocycles. The molecule has 2 heterocycles. The van der Waals surface area contributed by atoms with Gasteiger partial charge >= 0.3 is 0 Å². The lowest BCUT2D eigenvalue weighted by Crippen LogP contribution is -2.24. The van der Waals surface area contributed by atoms with Crippen molar-refractivity contribution in [3.8, 4) is 0 Å². The van der Waals surface area contributed by atoms with E-state index in [-0.39, 0.29) is 0 Å². The van der Waals surface area contributed by atoms with E-state index in [0.29, 0.717) is 9.88 Å². The van der Waals surface area contributed by atoms with Crippen molar-refractivity contribution in [2.75, 3.05) is 13.1 Å². The molecule has 2 rings (SSSR count). The lowest BCUT2D eigenvalue weighted by molar-refractivity contribution is 0.262. The van der Waals surface area contributed by atoms with Gasteiger partial charge < -0.3 is 0 Å². The standard InChI is InChI=1S/C10H16ClN3S/c1-3-10(2)4-5-14(7-10)6-8-12-13-9(11)15-8/h3-7H2,1-2H3. The van der Waals surface area contributed by atoms with Crippen LogP contribution in [0.25, 0.3) is 0 Å². The smallest absolute Gasteiger partial charge is 0.207 e. The molecule has 0 aromatic carbocycles. The van der Waals surface area contributed by atoms with E-state index < -0.39 is 0 Å². The number of rotatable bonds is 3. The summed E-state index contributed by atoms with van der Waals surface area (Å²) < 4.78 is 0.544. The van der Waals surface area contributed by atoms with Crippen LogP contribution in [0.2, 0.25) is 4.47 Å². The lowest BCUT2D eigenvalue weighted by atomic mass is 9.87. The van der Waals surface area contributed by atoms with Crippen LogP contribution in [0, 0.1) is 5.41 Å². The number of likely N-dealkylation sites (tertiary alicyclic amines) is 1. The van der Waals surface area contributed by atoms with Crippen LogP contribution in [0.1, 0.15) is 31.7 Å². The SMILES string of the molecule is CCC1(C)CCN(Cc2nnc(Cl)s2)C1. The Bertz CT molecular complexity index is 341. The third-order valence-corrected chi connectivity index (χ3v) is 4.30. The lowest BCUT2D eigenvalue weighted by Gasteiger charge is -2.22. The van der Waals surface area contributed by atoms with Crippen molar-refractivity contribution in [2.45, 2.75) is 33.2 Å². The topological polar surface area (TPSA) is 29.0 Å². The molecule has 0 bridgehead atoms. The molecule has 0 amide bonds. The molecule has 1 unspecified atom stereocenters. The van der Waals surface area contributed by atoms with Crippen molar-refractivity contribution in [1.82, 2.24) is 15.1 Å². The highest BCUT2D eigenvalue weighted by Crippen LogP contribution is 2.33. The largest absolute Gasteiger partial charge is 0.296 e. The molecule has 15 heavy (non-hydrogen) atoms. The minimum Gasteiger partial charge on any atom is -0.296 e. The van der Waals surface area contributed by atoms with Gasteiger partial charge in [0.1, 0.15) is 5.01 Å². The van der Waals surface area contributed by atoms with Crippen LogP contribution in [-0.4, -0.2) is 28.2 Å². The van der Waals surface area contributed by atoms with E-state index in [1.54, 1.807) is 0 Å². The van der Waals surface area contributed by atoms with E-state index in [1.165, 1.54) is 37.3 Å². The molecule has 1 saturated heterocycles. The molecular weight excluding hydrogens is 230 g/mol. The molecular formula is C10H16ClN3S. The molecule has 3 nitrogen and oxygen atoms in total. The van der Waals surface area contributed by atoms with Crippen molar-refractivity contribution in [2.24, 2.45) is 5.41 Å². The molecule has 1 aromatic rings. The molecule has 0 aliphatic carbocycles. The van der Waals surface area contributed by atoms with E-state index in [9.17, 15) is 0 Å². The second kappa shape index (κ2) is 4.36. The van der Waals surface area contributed by atoms with E-state index in [4.69, 9.17) is 11.6 Å². The van der Waals surface area contributed by atoms with Crippen LogP contribution < -0.4 is 0 Å². The fourth-order valence-electron chi connectivity index (χ4n) is 2.04. The first kappa shape index (κ1) is 11.3. The average molecular weight is 246 g/mol. The molecule has 0 spiro atoms. The Labute approximate surface area is 99.5 Å². The normalized spacial score (nSPS) is 27.4. The van der Waals surface area contributed by atoms with Gasteiger partial charge in [-0.15, -0.1) is 10.2 Å². The maximum absolute atomic E-state index is 5.76. The number of aromatic nitrogens is 2. The van der Waals surface area contributed by atoms with Crippen molar-refractivity contribution in [3.05, 3.63) is 9.47 Å². The molecule has 5 heteroatoms. The third kappa shape index (κ3) is 2.68. The fraction of sp³-hybridized carbons (Fsp3) is 0.800. The molecule has 0 N–H and O–H groups in total. The highest BCUT2D eigenvalue weighted by molar-refractivity contribution is 7.15. The Kier molecular flexibility index (Phi) is 3.28. The van der Waals surface area contributed by atoms with Crippen LogP contribution >= 0.6 is 22.9 Å². The van der Waals surface area contributed by atoms with E-state index in [2.05, 4.69) is 28.9 Å². The monoisotopic (exact) mass is 245 g/mol. The van der Waals surface area contributed by atoms with Gasteiger partial charge in [0.25, 0.3) is 0 Å². The van der Waals surface area contributed by atoms with Crippen molar-refractivity contribution >= 4 is 22.9 Å². The predicted molar refractivity (Wildman–Crippen MR) is 63.2 cm³/mol. The van der Waals surface area contributed by atoms with Crippen LogP contribution in [0.15, 0.2) is 0 Å². The Morgan fingerprint density at radius 1 is 1.53 bits per heavy atom. The number of halogens is 1. The number of nitrogens with zero attached hydrogens (tertiary/aromatic N) is 3. The summed E-state index contributed by atoms with van der Waals surface area (Å²) in [5.41, 5.74) is 0.495. The maximum atomic E-state index is 5.76. The number of hydrogen-bond donors (Lipinski definition) is 0. The van der Waals surface area contributed by atoms with Gasteiger partial charge in [0.05, 0.1) is 6.54 Å². The molecule has 1 aliphatic rings. The van der Waals surface area contributed by atoms with E-state index in [0.717, 1.165) is 11.6 Å². The van der Waals surface area contributed by atoms with Crippen LogP contribution in [0.5, 0.6) is 0 Å². The predicted octanol–water partition coefficient (Wildman–Crippen LogP) is 2.81. The van der Waals surface area contributed by atoms with Crippen molar-refractivity contribution < 1.29 is 0 Å². The maximum Gasteiger partial charge on any atom is 0.207 e. The summed E-state index contributed by atoms with van der Waals surface area (Å²) in [7, 11) is 0. The summed E-state index contributed by atoms with van der Waals surface area (Å²) in [5.74, 6) is 0. The second-order valence-electron chi connectivity index (χ2n) is 4.57. The molecule has 1 fully saturated rings. The fourth-order valence-corrected chi connectivity index (χ4v) is 2.95. The minimum atomic E-state index is 0.495. The average Bonchev–Trinajstić information content (AvgIpc) is 2.76. The highest BCUT2D eigenvalue weighted by Gasteiger charge is 2.32. The second-order valence-corrected chi connectivity index (χ2v) is 6.22. The summed E-state index contributed by atoms with van der Waals surface area (Å²) in [4.78, 5) is 2.44. The van der Waals surface area contributed by atoms with Crippen molar-refractivity contribution in [1.29, 1.82) is 0 Å². The molecule has 84 valence electrons. The van der Waals surface area contributed by atoms with Gasteiger partial charge in [0, 0.05) is 6.54 Å². The van der Waals surface area contributed by atoms with Crippen LogP contribution in [-0.2, 0) is 6.54 Å². The first-order valence-corrected chi connectivity index (χ1v) is 6.51. The number of hydrogen-bond acceptors (Lipinski definition) is 4. The van der Waals surface area contributed by atoms with Crippen molar-refractivity contribution in [3.63, 3.8) is 0 Å². The van der Waals surface area contributed by atoms with Gasteiger partial charge in [-0.1, -0.05) is 25.2 Å². The van der Waals surface area contributed by atoms with Gasteiger partial charge in [-0.2, -0.15) is 0 Å². The molecule has 1 aromatic heterocycles. The van der Waals surface area contributed by atoms with Crippen LogP contribution in [0.3, 0.4) is 0 Å². The minimum absolute atomic E-state index is 0.495. The molecule has 0 saturated carbocycles. The Hall–Kier alpha value is -0.190. The summed E-state index contributed by atoms with van der Waals surface area (Å²) >= 11 is 7.24. The zero-order valence-electron chi connectivity index (χ0n) is 9.16. The zero-order chi connectivity index (χ0) is 10.9. The molecule has 0 radical (unpaired) electrons. The summed E-state index contributed by atoms with van der Waals surface area (Å²) in [5, 5.41) is 8.90. The first-order chi connectivity index (χ1) is 7.11. The van der Waals surface area contributed by atoms with Gasteiger partial charge in [-0.25, -0.2) is 0 Å². The van der Waals surface area contributed by atoms with E-state index >= 15 is 0 Å². The zero-order valence-corrected chi connectivity index (χ0v) is 10.7. The first-order valence-electron chi connectivity index (χ1n) is 5.31. The Balaban J connectivity index is 1.92. The summed E-state index contributed by atoms with van der Waals surface area (Å²) in [6.07, 6.45) is 2.54. The molecule has 1 atom stereocenters. The summed E-state index contributed by atoms with van der Waals surface area (Å²) in [6.45, 7) is 7.87. The van der Waals surface area contributed by atoms with E-state index in [1.807, 2.05) is 0 Å². The van der Waals surface area contributed by atoms with Gasteiger partial charge in [0.2, 0.25) is 4.47 Å². The van der Waals surface area contributed by atoms with Gasteiger partial charge in [-0.3, -0.25) is 4.90 Å².